The van der Waals surface area contributed by atoms with Crippen LogP contribution < -0.4 is 5.56 Å². The Morgan fingerprint density at radius 3 is 2.62 bits per heavy atom. The molecule has 1 aliphatic heterocycles. The molecule has 1 N–H and O–H groups in total. The van der Waals surface area contributed by atoms with Gasteiger partial charge in [0.25, 0.3) is 0 Å². The van der Waals surface area contributed by atoms with Crippen LogP contribution >= 0.6 is 0 Å². The number of pyridine rings is 2. The van der Waals surface area contributed by atoms with Gasteiger partial charge in [-0.15, -0.1) is 0 Å². The molecule has 34 heavy (non-hydrogen) atoms. The first kappa shape index (κ1) is 20.6. The van der Waals surface area contributed by atoms with E-state index in [1.54, 1.807) is 24.4 Å². The number of hydrogen-bond acceptors (Lipinski definition) is 4. The van der Waals surface area contributed by atoms with Gasteiger partial charge in [0.15, 0.2) is 0 Å². The largest absolute Gasteiger partial charge is 0.425 e. The summed E-state index contributed by atoms with van der Waals surface area (Å²) in [5.41, 5.74) is 5.42. The molecule has 5 aromatic rings. The molecule has 170 valence electrons. The predicted octanol–water partition coefficient (Wildman–Crippen LogP) is 4.33. The highest BCUT2D eigenvalue weighted by atomic mass is 19.1. The minimum Gasteiger partial charge on any atom is -0.425 e. The van der Waals surface area contributed by atoms with Gasteiger partial charge in [-0.3, -0.25) is 9.69 Å². The molecule has 0 aliphatic carbocycles. The monoisotopic (exact) mass is 454 g/mol. The molecule has 6 nitrogen and oxygen atoms in total. The zero-order chi connectivity index (χ0) is 23.2. The van der Waals surface area contributed by atoms with E-state index >= 15 is 0 Å². The lowest BCUT2D eigenvalue weighted by molar-refractivity contribution is 0.176. The Labute approximate surface area is 195 Å². The van der Waals surface area contributed by atoms with Crippen LogP contribution in [0, 0.1) is 5.82 Å². The van der Waals surface area contributed by atoms with Crippen molar-refractivity contribution in [1.82, 2.24) is 19.2 Å². The summed E-state index contributed by atoms with van der Waals surface area (Å²) < 4.78 is 16.1. The highest BCUT2D eigenvalue weighted by molar-refractivity contribution is 6.06. The first-order valence-electron chi connectivity index (χ1n) is 11.3. The number of fused-ring (bicyclic) bond motifs is 4. The molecule has 0 bridgehead atoms. The molecule has 0 atom stereocenters. The molecule has 1 aliphatic rings. The average Bonchev–Trinajstić information content (AvgIpc) is 3.20. The number of halogens is 1. The highest BCUT2D eigenvalue weighted by Crippen LogP contribution is 2.30. The van der Waals surface area contributed by atoms with E-state index in [1.807, 2.05) is 0 Å². The maximum atomic E-state index is 13.4. The molecular formula is C27H23FN4O2. The van der Waals surface area contributed by atoms with Crippen LogP contribution in [0.3, 0.4) is 0 Å². The smallest absolute Gasteiger partial charge is 0.309 e. The number of nitrogens with zero attached hydrogens (tertiary/aromatic N) is 4. The summed E-state index contributed by atoms with van der Waals surface area (Å²) in [5.74, 6) is -0.264. The fourth-order valence-electron chi connectivity index (χ4n) is 5.01. The van der Waals surface area contributed by atoms with Crippen LogP contribution in [-0.4, -0.2) is 30.9 Å². The van der Waals surface area contributed by atoms with Crippen molar-refractivity contribution in [3.05, 3.63) is 112 Å². The standard InChI is InChI=1S/C27H23FN4O2/c28-22-7-5-18(6-8-22)14-31-17-21(16-30-11-9-19-3-1-2-4-20(19)15-30)25-23-10-12-32(34)27(33)26(23)29-13-24(25)31/h1-8,10,12-13,17,34H,9,11,14-16H2. The molecular weight excluding hydrogens is 431 g/mol. The van der Waals surface area contributed by atoms with Crippen molar-refractivity contribution >= 4 is 21.8 Å². The van der Waals surface area contributed by atoms with Gasteiger partial charge in [-0.05, 0) is 46.9 Å². The summed E-state index contributed by atoms with van der Waals surface area (Å²) in [4.78, 5) is 19.3. The molecule has 4 heterocycles. The normalized spacial score (nSPS) is 14.0. The molecule has 0 unspecified atom stereocenters. The van der Waals surface area contributed by atoms with E-state index in [1.165, 1.54) is 29.5 Å². The molecule has 0 fully saturated rings. The first-order valence-corrected chi connectivity index (χ1v) is 11.3. The summed E-state index contributed by atoms with van der Waals surface area (Å²) >= 11 is 0. The van der Waals surface area contributed by atoms with E-state index in [0.29, 0.717) is 11.3 Å². The van der Waals surface area contributed by atoms with Crippen molar-refractivity contribution in [3.8, 4) is 0 Å². The molecule has 0 radical (unpaired) electrons. The maximum absolute atomic E-state index is 13.4. The minimum absolute atomic E-state index is 0.238. The second-order valence-electron chi connectivity index (χ2n) is 8.88. The van der Waals surface area contributed by atoms with E-state index < -0.39 is 5.56 Å². The van der Waals surface area contributed by atoms with Crippen LogP contribution in [0.1, 0.15) is 22.3 Å². The topological polar surface area (TPSA) is 63.3 Å². The zero-order valence-electron chi connectivity index (χ0n) is 18.5. The maximum Gasteiger partial charge on any atom is 0.309 e. The van der Waals surface area contributed by atoms with Gasteiger partial charge in [0.2, 0.25) is 0 Å². The fraction of sp³-hybridized carbons (Fsp3) is 0.185. The van der Waals surface area contributed by atoms with Crippen molar-refractivity contribution < 1.29 is 9.60 Å². The third-order valence-corrected chi connectivity index (χ3v) is 6.70. The van der Waals surface area contributed by atoms with Gasteiger partial charge in [-0.2, -0.15) is 4.73 Å². The van der Waals surface area contributed by atoms with Gasteiger partial charge < -0.3 is 9.77 Å². The molecule has 0 spiro atoms. The van der Waals surface area contributed by atoms with Gasteiger partial charge in [0, 0.05) is 49.3 Å². The quantitative estimate of drug-likeness (QED) is 0.411. The summed E-state index contributed by atoms with van der Waals surface area (Å²) in [6.07, 6.45) is 6.17. The van der Waals surface area contributed by atoms with Crippen LogP contribution in [0.4, 0.5) is 4.39 Å². The Bertz CT molecular complexity index is 1590. The van der Waals surface area contributed by atoms with E-state index in [4.69, 9.17) is 0 Å². The lowest BCUT2D eigenvalue weighted by atomic mass is 9.99. The van der Waals surface area contributed by atoms with Gasteiger partial charge in [-0.1, -0.05) is 36.4 Å². The number of hydrogen-bond donors (Lipinski definition) is 1. The summed E-state index contributed by atoms with van der Waals surface area (Å²) in [6.45, 7) is 3.10. The molecule has 7 heteroatoms. The Hall–Kier alpha value is -3.97. The van der Waals surface area contributed by atoms with Crippen LogP contribution in [0.15, 0.2) is 78.0 Å². The van der Waals surface area contributed by atoms with Crippen LogP contribution in [0.5, 0.6) is 0 Å². The van der Waals surface area contributed by atoms with Crippen molar-refractivity contribution in [2.45, 2.75) is 26.1 Å². The van der Waals surface area contributed by atoms with Crippen molar-refractivity contribution in [2.24, 2.45) is 0 Å². The van der Waals surface area contributed by atoms with E-state index in [2.05, 4.69) is 44.9 Å². The van der Waals surface area contributed by atoms with Gasteiger partial charge in [0.05, 0.1) is 11.7 Å². The number of aromatic nitrogens is 3. The Morgan fingerprint density at radius 1 is 1.00 bits per heavy atom. The molecule has 6 rings (SSSR count). The molecule has 0 amide bonds. The first-order chi connectivity index (χ1) is 16.6. The third-order valence-electron chi connectivity index (χ3n) is 6.70. The highest BCUT2D eigenvalue weighted by Gasteiger charge is 2.20. The molecule has 0 saturated heterocycles. The Morgan fingerprint density at radius 2 is 1.79 bits per heavy atom. The molecule has 0 saturated carbocycles. The van der Waals surface area contributed by atoms with Crippen molar-refractivity contribution in [2.75, 3.05) is 6.54 Å². The van der Waals surface area contributed by atoms with Gasteiger partial charge in [0.1, 0.15) is 11.3 Å². The van der Waals surface area contributed by atoms with Gasteiger partial charge in [-0.25, -0.2) is 9.37 Å². The van der Waals surface area contributed by atoms with Crippen molar-refractivity contribution in [1.29, 1.82) is 0 Å². The van der Waals surface area contributed by atoms with E-state index in [0.717, 1.165) is 53.5 Å². The molecule has 3 aromatic heterocycles. The fourth-order valence-corrected chi connectivity index (χ4v) is 5.01. The number of benzene rings is 2. The number of rotatable bonds is 4. The van der Waals surface area contributed by atoms with E-state index in [-0.39, 0.29) is 11.3 Å². The van der Waals surface area contributed by atoms with Crippen molar-refractivity contribution in [3.63, 3.8) is 0 Å². The lowest BCUT2D eigenvalue weighted by Gasteiger charge is -2.28. The second kappa shape index (κ2) is 8.11. The SMILES string of the molecule is O=c1c2ncc3c(c(CN4CCc5ccccc5C4)cn3Cc3ccc(F)cc3)c2ccn1O. The summed E-state index contributed by atoms with van der Waals surface area (Å²) in [5, 5.41) is 11.5. The second-order valence-corrected chi connectivity index (χ2v) is 8.88. The Kier molecular flexibility index (Phi) is 4.92. The summed E-state index contributed by atoms with van der Waals surface area (Å²) in [6, 6.07) is 16.8. The van der Waals surface area contributed by atoms with Crippen LogP contribution in [0.2, 0.25) is 0 Å². The molecule has 2 aromatic carbocycles. The third kappa shape index (κ3) is 3.54. The van der Waals surface area contributed by atoms with Crippen LogP contribution in [0.25, 0.3) is 21.8 Å². The van der Waals surface area contributed by atoms with Crippen LogP contribution in [-0.2, 0) is 26.1 Å². The van der Waals surface area contributed by atoms with Gasteiger partial charge >= 0.3 is 5.56 Å². The minimum atomic E-state index is -0.538. The Balaban J connectivity index is 1.46. The lowest BCUT2D eigenvalue weighted by Crippen LogP contribution is -2.29. The predicted molar refractivity (Wildman–Crippen MR) is 128 cm³/mol. The van der Waals surface area contributed by atoms with E-state index in [9.17, 15) is 14.4 Å². The average molecular weight is 455 g/mol. The zero-order valence-corrected chi connectivity index (χ0v) is 18.5. The summed E-state index contributed by atoms with van der Waals surface area (Å²) in [7, 11) is 0.